The molecule has 4 heteroatoms. The summed E-state index contributed by atoms with van der Waals surface area (Å²) in [6, 6.07) is -0.259. The summed E-state index contributed by atoms with van der Waals surface area (Å²) in [5, 5.41) is 3.07. The molecule has 4 nitrogen and oxygen atoms in total. The Morgan fingerprint density at radius 3 is 3.00 bits per heavy atom. The van der Waals surface area contributed by atoms with Crippen molar-refractivity contribution in [3.8, 4) is 0 Å². The number of hydrogen-bond acceptors (Lipinski definition) is 4. The van der Waals surface area contributed by atoms with Crippen LogP contribution in [0.3, 0.4) is 0 Å². The molecule has 1 N–H and O–H groups in total. The third-order valence-electron chi connectivity index (χ3n) is 2.45. The molecule has 1 atom stereocenters. The van der Waals surface area contributed by atoms with Crippen molar-refractivity contribution in [3.63, 3.8) is 0 Å². The molecule has 0 radical (unpaired) electrons. The van der Waals surface area contributed by atoms with Crippen LogP contribution in [0.4, 0.5) is 0 Å². The van der Waals surface area contributed by atoms with Crippen LogP contribution in [0.1, 0.15) is 32.6 Å². The van der Waals surface area contributed by atoms with Crippen molar-refractivity contribution < 1.29 is 14.3 Å². The van der Waals surface area contributed by atoms with Gasteiger partial charge in [0, 0.05) is 6.54 Å². The molecule has 88 valence electrons. The molecule has 0 aliphatic carbocycles. The molecule has 15 heavy (non-hydrogen) atoms. The van der Waals surface area contributed by atoms with Gasteiger partial charge in [-0.05, 0) is 6.42 Å². The summed E-state index contributed by atoms with van der Waals surface area (Å²) in [5.74, 6) is -0.175. The standard InChI is InChI=1S/C11H21NO3/c1-2-3-4-5-7-15-11(13)10-9-14-8-6-12-10/h10,12H,2-9H2,1H3. The van der Waals surface area contributed by atoms with Crippen molar-refractivity contribution in [1.29, 1.82) is 0 Å². The molecule has 0 aromatic carbocycles. The van der Waals surface area contributed by atoms with Gasteiger partial charge in [-0.25, -0.2) is 0 Å². The summed E-state index contributed by atoms with van der Waals surface area (Å²) in [6.07, 6.45) is 4.51. The minimum Gasteiger partial charge on any atom is -0.464 e. The summed E-state index contributed by atoms with van der Waals surface area (Å²) >= 11 is 0. The van der Waals surface area contributed by atoms with Gasteiger partial charge in [-0.2, -0.15) is 0 Å². The lowest BCUT2D eigenvalue weighted by atomic mass is 10.2. The maximum Gasteiger partial charge on any atom is 0.325 e. The van der Waals surface area contributed by atoms with Crippen molar-refractivity contribution in [3.05, 3.63) is 0 Å². The SMILES string of the molecule is CCCCCCOC(=O)C1COCCN1. The number of ether oxygens (including phenoxy) is 2. The summed E-state index contributed by atoms with van der Waals surface area (Å²) in [5.41, 5.74) is 0. The zero-order valence-corrected chi connectivity index (χ0v) is 9.46. The second kappa shape index (κ2) is 7.65. The van der Waals surface area contributed by atoms with E-state index in [1.165, 1.54) is 12.8 Å². The number of nitrogens with one attached hydrogen (secondary N) is 1. The molecule has 1 aliphatic rings. The van der Waals surface area contributed by atoms with Crippen LogP contribution in [0, 0.1) is 0 Å². The van der Waals surface area contributed by atoms with Crippen molar-refractivity contribution in [2.75, 3.05) is 26.4 Å². The van der Waals surface area contributed by atoms with E-state index in [9.17, 15) is 4.79 Å². The fraction of sp³-hybridized carbons (Fsp3) is 0.909. The van der Waals surface area contributed by atoms with Crippen LogP contribution >= 0.6 is 0 Å². The second-order valence-electron chi connectivity index (χ2n) is 3.81. The highest BCUT2D eigenvalue weighted by molar-refractivity contribution is 5.76. The summed E-state index contributed by atoms with van der Waals surface area (Å²) in [7, 11) is 0. The maximum atomic E-state index is 11.5. The Morgan fingerprint density at radius 1 is 1.47 bits per heavy atom. The molecule has 0 spiro atoms. The zero-order valence-electron chi connectivity index (χ0n) is 9.46. The Bertz CT molecular complexity index is 179. The average molecular weight is 215 g/mol. The predicted molar refractivity (Wildman–Crippen MR) is 57.7 cm³/mol. The zero-order chi connectivity index (χ0) is 10.9. The Morgan fingerprint density at radius 2 is 2.33 bits per heavy atom. The van der Waals surface area contributed by atoms with E-state index < -0.39 is 0 Å². The van der Waals surface area contributed by atoms with Gasteiger partial charge in [-0.3, -0.25) is 4.79 Å². The third-order valence-corrected chi connectivity index (χ3v) is 2.45. The summed E-state index contributed by atoms with van der Waals surface area (Å²) in [6.45, 7) is 4.55. The van der Waals surface area contributed by atoms with Gasteiger partial charge in [0.05, 0.1) is 19.8 Å². The minimum absolute atomic E-state index is 0.175. The Balaban J connectivity index is 2.02. The molecule has 1 aliphatic heterocycles. The van der Waals surface area contributed by atoms with Crippen LogP contribution in [-0.2, 0) is 14.3 Å². The molecule has 0 bridgehead atoms. The summed E-state index contributed by atoms with van der Waals surface area (Å²) in [4.78, 5) is 11.5. The first-order chi connectivity index (χ1) is 7.34. The van der Waals surface area contributed by atoms with Gasteiger partial charge in [0.1, 0.15) is 6.04 Å². The largest absolute Gasteiger partial charge is 0.464 e. The molecular weight excluding hydrogens is 194 g/mol. The number of morpholine rings is 1. The summed E-state index contributed by atoms with van der Waals surface area (Å²) < 4.78 is 10.3. The van der Waals surface area contributed by atoms with Crippen LogP contribution in [0.25, 0.3) is 0 Å². The Kier molecular flexibility index (Phi) is 6.36. The highest BCUT2D eigenvalue weighted by Gasteiger charge is 2.22. The fourth-order valence-corrected chi connectivity index (χ4v) is 1.52. The number of carbonyl (C=O) groups is 1. The lowest BCUT2D eigenvalue weighted by Crippen LogP contribution is -2.47. The van der Waals surface area contributed by atoms with E-state index in [4.69, 9.17) is 9.47 Å². The fourth-order valence-electron chi connectivity index (χ4n) is 1.52. The first-order valence-electron chi connectivity index (χ1n) is 5.82. The number of carbonyl (C=O) groups excluding carboxylic acids is 1. The van der Waals surface area contributed by atoms with Gasteiger partial charge in [-0.15, -0.1) is 0 Å². The van der Waals surface area contributed by atoms with Crippen LogP contribution in [0.15, 0.2) is 0 Å². The van der Waals surface area contributed by atoms with E-state index in [0.29, 0.717) is 19.8 Å². The topological polar surface area (TPSA) is 47.6 Å². The van der Waals surface area contributed by atoms with Crippen molar-refractivity contribution >= 4 is 5.97 Å². The monoisotopic (exact) mass is 215 g/mol. The van der Waals surface area contributed by atoms with Crippen molar-refractivity contribution in [2.24, 2.45) is 0 Å². The van der Waals surface area contributed by atoms with Gasteiger partial charge < -0.3 is 14.8 Å². The molecule has 1 rings (SSSR count). The van der Waals surface area contributed by atoms with E-state index in [0.717, 1.165) is 19.4 Å². The van der Waals surface area contributed by atoms with Crippen LogP contribution < -0.4 is 5.32 Å². The average Bonchev–Trinajstić information content (AvgIpc) is 2.30. The van der Waals surface area contributed by atoms with Gasteiger partial charge in [-0.1, -0.05) is 26.2 Å². The van der Waals surface area contributed by atoms with E-state index in [-0.39, 0.29) is 12.0 Å². The van der Waals surface area contributed by atoms with Crippen LogP contribution in [0.5, 0.6) is 0 Å². The normalized spacial score (nSPS) is 21.3. The molecule has 1 saturated heterocycles. The molecule has 1 fully saturated rings. The molecule has 0 amide bonds. The van der Waals surface area contributed by atoms with E-state index in [2.05, 4.69) is 12.2 Å². The number of unbranched alkanes of at least 4 members (excludes halogenated alkanes) is 3. The van der Waals surface area contributed by atoms with E-state index in [1.807, 2.05) is 0 Å². The van der Waals surface area contributed by atoms with Crippen molar-refractivity contribution in [1.82, 2.24) is 5.32 Å². The predicted octanol–water partition coefficient (Wildman–Crippen LogP) is 1.10. The van der Waals surface area contributed by atoms with Gasteiger partial charge in [0.2, 0.25) is 0 Å². The number of rotatable bonds is 6. The maximum absolute atomic E-state index is 11.5. The van der Waals surface area contributed by atoms with E-state index >= 15 is 0 Å². The molecule has 0 saturated carbocycles. The number of hydrogen-bond donors (Lipinski definition) is 1. The van der Waals surface area contributed by atoms with Gasteiger partial charge in [0.15, 0.2) is 0 Å². The van der Waals surface area contributed by atoms with Gasteiger partial charge >= 0.3 is 5.97 Å². The highest BCUT2D eigenvalue weighted by atomic mass is 16.5. The minimum atomic E-state index is -0.259. The third kappa shape index (κ3) is 5.14. The van der Waals surface area contributed by atoms with Crippen molar-refractivity contribution in [2.45, 2.75) is 38.6 Å². The Labute approximate surface area is 91.3 Å². The number of esters is 1. The lowest BCUT2D eigenvalue weighted by Gasteiger charge is -2.22. The molecule has 1 heterocycles. The molecular formula is C11H21NO3. The smallest absolute Gasteiger partial charge is 0.325 e. The van der Waals surface area contributed by atoms with Crippen LogP contribution in [0.2, 0.25) is 0 Å². The lowest BCUT2D eigenvalue weighted by molar-refractivity contribution is -0.149. The van der Waals surface area contributed by atoms with Crippen LogP contribution in [-0.4, -0.2) is 38.4 Å². The van der Waals surface area contributed by atoms with Gasteiger partial charge in [0.25, 0.3) is 0 Å². The molecule has 0 aromatic rings. The molecule has 0 aromatic heterocycles. The first kappa shape index (κ1) is 12.5. The molecule has 1 unspecified atom stereocenters. The highest BCUT2D eigenvalue weighted by Crippen LogP contribution is 2.01. The first-order valence-corrected chi connectivity index (χ1v) is 5.82. The Hall–Kier alpha value is -0.610. The second-order valence-corrected chi connectivity index (χ2v) is 3.81. The quantitative estimate of drug-likeness (QED) is 0.532. The van der Waals surface area contributed by atoms with E-state index in [1.54, 1.807) is 0 Å².